The van der Waals surface area contributed by atoms with Gasteiger partial charge in [0.15, 0.2) is 5.96 Å². The fourth-order valence-corrected chi connectivity index (χ4v) is 2.01. The van der Waals surface area contributed by atoms with Crippen molar-refractivity contribution in [2.24, 2.45) is 4.99 Å². The second-order valence-corrected chi connectivity index (χ2v) is 4.19. The monoisotopic (exact) mass is 210 g/mol. The van der Waals surface area contributed by atoms with Gasteiger partial charge in [0.25, 0.3) is 0 Å². The van der Waals surface area contributed by atoms with Crippen LogP contribution in [0, 0.1) is 6.92 Å². The van der Waals surface area contributed by atoms with E-state index in [-0.39, 0.29) is 0 Å². The Labute approximate surface area is 87.5 Å². The molecule has 1 aromatic heterocycles. The van der Waals surface area contributed by atoms with Crippen molar-refractivity contribution in [2.45, 2.75) is 19.9 Å². The van der Waals surface area contributed by atoms with Crippen LogP contribution < -0.4 is 10.6 Å². The topological polar surface area (TPSA) is 49.3 Å². The van der Waals surface area contributed by atoms with Crippen molar-refractivity contribution in [1.29, 1.82) is 0 Å². The molecule has 0 fully saturated rings. The quantitative estimate of drug-likeness (QED) is 0.762. The molecular formula is C9H14N4S. The van der Waals surface area contributed by atoms with Gasteiger partial charge in [0.2, 0.25) is 0 Å². The summed E-state index contributed by atoms with van der Waals surface area (Å²) in [7, 11) is 0. The number of thiazole rings is 1. The number of nitrogens with zero attached hydrogens (tertiary/aromatic N) is 2. The highest BCUT2D eigenvalue weighted by molar-refractivity contribution is 7.09. The average Bonchev–Trinajstić information content (AvgIpc) is 2.63. The number of nitrogens with one attached hydrogen (secondary N) is 2. The van der Waals surface area contributed by atoms with Crippen LogP contribution >= 0.6 is 11.3 Å². The summed E-state index contributed by atoms with van der Waals surface area (Å²) in [4.78, 5) is 8.69. The van der Waals surface area contributed by atoms with E-state index in [1.54, 1.807) is 11.3 Å². The number of hydrogen-bond donors (Lipinski definition) is 2. The predicted octanol–water partition coefficient (Wildman–Crippen LogP) is 0.890. The first-order valence-corrected chi connectivity index (χ1v) is 5.66. The van der Waals surface area contributed by atoms with Gasteiger partial charge in [0.05, 0.1) is 6.54 Å². The molecule has 14 heavy (non-hydrogen) atoms. The van der Waals surface area contributed by atoms with Gasteiger partial charge in [-0.25, -0.2) is 4.98 Å². The number of hydrogen-bond acceptors (Lipinski definition) is 5. The molecule has 0 radical (unpaired) electrons. The summed E-state index contributed by atoms with van der Waals surface area (Å²) in [5.74, 6) is 0.907. The summed E-state index contributed by atoms with van der Waals surface area (Å²) in [6.07, 6.45) is 1.13. The molecule has 0 saturated carbocycles. The van der Waals surface area contributed by atoms with E-state index in [9.17, 15) is 0 Å². The van der Waals surface area contributed by atoms with Crippen LogP contribution in [0.2, 0.25) is 0 Å². The van der Waals surface area contributed by atoms with Gasteiger partial charge < -0.3 is 10.6 Å². The Morgan fingerprint density at radius 3 is 3.21 bits per heavy atom. The molecule has 2 N–H and O–H groups in total. The average molecular weight is 210 g/mol. The van der Waals surface area contributed by atoms with Crippen LogP contribution in [0.5, 0.6) is 0 Å². The van der Waals surface area contributed by atoms with Gasteiger partial charge in [-0.2, -0.15) is 0 Å². The van der Waals surface area contributed by atoms with E-state index >= 15 is 0 Å². The van der Waals surface area contributed by atoms with E-state index in [0.29, 0.717) is 0 Å². The van der Waals surface area contributed by atoms with Crippen molar-refractivity contribution < 1.29 is 0 Å². The number of rotatable bonds is 2. The van der Waals surface area contributed by atoms with Gasteiger partial charge in [-0.05, 0) is 13.3 Å². The molecule has 0 spiro atoms. The molecule has 5 heteroatoms. The van der Waals surface area contributed by atoms with Crippen LogP contribution in [0.3, 0.4) is 0 Å². The Kier molecular flexibility index (Phi) is 2.98. The Hall–Kier alpha value is -1.10. The van der Waals surface area contributed by atoms with Crippen LogP contribution in [0.25, 0.3) is 0 Å². The molecule has 0 aromatic carbocycles. The second-order valence-electron chi connectivity index (χ2n) is 3.25. The molecule has 0 aliphatic carbocycles. The molecule has 2 rings (SSSR count). The summed E-state index contributed by atoms with van der Waals surface area (Å²) in [6, 6.07) is 0. The number of aromatic nitrogens is 1. The molecule has 1 aromatic rings. The third-order valence-corrected chi connectivity index (χ3v) is 2.94. The largest absolute Gasteiger partial charge is 0.356 e. The summed E-state index contributed by atoms with van der Waals surface area (Å²) in [5.41, 5.74) is 1.09. The van der Waals surface area contributed by atoms with Gasteiger partial charge in [-0.15, -0.1) is 11.3 Å². The summed E-state index contributed by atoms with van der Waals surface area (Å²) >= 11 is 1.68. The van der Waals surface area contributed by atoms with Gasteiger partial charge in [-0.1, -0.05) is 0 Å². The maximum Gasteiger partial charge on any atom is 0.191 e. The minimum atomic E-state index is 0.768. The first kappa shape index (κ1) is 9.45. The lowest BCUT2D eigenvalue weighted by atomic mass is 10.4. The number of aryl methyl sites for hydroxylation is 1. The highest BCUT2D eigenvalue weighted by Crippen LogP contribution is 2.07. The molecule has 0 unspecified atom stereocenters. The summed E-state index contributed by atoms with van der Waals surface area (Å²) < 4.78 is 0. The summed E-state index contributed by atoms with van der Waals surface area (Å²) in [5, 5.41) is 9.62. The zero-order valence-electron chi connectivity index (χ0n) is 8.21. The molecule has 4 nitrogen and oxygen atoms in total. The van der Waals surface area contributed by atoms with E-state index in [1.807, 2.05) is 6.92 Å². The standard InChI is InChI=1S/C9H14N4S/c1-7-6-14-8(13-7)5-12-9-10-3-2-4-11-9/h6H,2-5H2,1H3,(H2,10,11,12). The third-order valence-electron chi connectivity index (χ3n) is 1.97. The summed E-state index contributed by atoms with van der Waals surface area (Å²) in [6.45, 7) is 4.72. The lowest BCUT2D eigenvalue weighted by Gasteiger charge is -2.14. The van der Waals surface area contributed by atoms with Crippen molar-refractivity contribution in [3.8, 4) is 0 Å². The van der Waals surface area contributed by atoms with E-state index < -0.39 is 0 Å². The van der Waals surface area contributed by atoms with Gasteiger partial charge >= 0.3 is 0 Å². The van der Waals surface area contributed by atoms with Crippen molar-refractivity contribution >= 4 is 17.3 Å². The zero-order valence-corrected chi connectivity index (χ0v) is 9.02. The fourth-order valence-electron chi connectivity index (χ4n) is 1.29. The Morgan fingerprint density at radius 2 is 2.57 bits per heavy atom. The fraction of sp³-hybridized carbons (Fsp3) is 0.556. The van der Waals surface area contributed by atoms with Crippen LogP contribution in [0.1, 0.15) is 17.1 Å². The Morgan fingerprint density at radius 1 is 1.64 bits per heavy atom. The third kappa shape index (κ3) is 2.45. The van der Waals surface area contributed by atoms with Crippen molar-refractivity contribution in [2.75, 3.05) is 13.1 Å². The number of guanidine groups is 1. The molecular weight excluding hydrogens is 196 g/mol. The van der Waals surface area contributed by atoms with Crippen molar-refractivity contribution in [3.63, 3.8) is 0 Å². The Bertz CT molecular complexity index is 331. The zero-order chi connectivity index (χ0) is 9.80. The van der Waals surface area contributed by atoms with Crippen LogP contribution in [-0.2, 0) is 6.54 Å². The maximum atomic E-state index is 4.37. The smallest absolute Gasteiger partial charge is 0.191 e. The minimum Gasteiger partial charge on any atom is -0.356 e. The van der Waals surface area contributed by atoms with E-state index in [1.165, 1.54) is 0 Å². The van der Waals surface area contributed by atoms with Gasteiger partial charge in [-0.3, -0.25) is 4.99 Å². The molecule has 0 atom stereocenters. The molecule has 76 valence electrons. The highest BCUT2D eigenvalue weighted by Gasteiger charge is 2.04. The van der Waals surface area contributed by atoms with E-state index in [4.69, 9.17) is 0 Å². The maximum absolute atomic E-state index is 4.37. The van der Waals surface area contributed by atoms with E-state index in [0.717, 1.165) is 42.7 Å². The highest BCUT2D eigenvalue weighted by atomic mass is 32.1. The van der Waals surface area contributed by atoms with Crippen molar-refractivity contribution in [1.82, 2.24) is 15.6 Å². The Balaban J connectivity index is 1.84. The van der Waals surface area contributed by atoms with Gasteiger partial charge in [0.1, 0.15) is 5.01 Å². The molecule has 0 amide bonds. The second kappa shape index (κ2) is 4.41. The van der Waals surface area contributed by atoms with E-state index in [2.05, 4.69) is 26.0 Å². The SMILES string of the molecule is Cc1csc(CNC2=NCCCN2)n1. The number of aliphatic imine (C=N–C) groups is 1. The molecule has 1 aliphatic rings. The normalized spacial score (nSPS) is 15.9. The lowest BCUT2D eigenvalue weighted by Crippen LogP contribution is -2.40. The molecule has 2 heterocycles. The lowest BCUT2D eigenvalue weighted by molar-refractivity contribution is 0.701. The first-order valence-electron chi connectivity index (χ1n) is 4.78. The molecule has 0 saturated heterocycles. The van der Waals surface area contributed by atoms with Crippen molar-refractivity contribution in [3.05, 3.63) is 16.1 Å². The van der Waals surface area contributed by atoms with Crippen LogP contribution in [-0.4, -0.2) is 24.0 Å². The molecule has 1 aliphatic heterocycles. The first-order chi connectivity index (χ1) is 6.84. The van der Waals surface area contributed by atoms with Crippen LogP contribution in [0.15, 0.2) is 10.4 Å². The molecule has 0 bridgehead atoms. The van der Waals surface area contributed by atoms with Crippen LogP contribution in [0.4, 0.5) is 0 Å². The minimum absolute atomic E-state index is 0.768. The van der Waals surface area contributed by atoms with Gasteiger partial charge in [0, 0.05) is 24.2 Å². The predicted molar refractivity (Wildman–Crippen MR) is 58.6 cm³/mol.